The first kappa shape index (κ1) is 10.9. The SMILES string of the molecule is CCCOc1ccc(O)c(CC)c1C. The molecule has 14 heavy (non-hydrogen) atoms. The molecule has 0 aromatic heterocycles. The third-order valence-electron chi connectivity index (χ3n) is 2.34. The van der Waals surface area contributed by atoms with Crippen LogP contribution in [0.3, 0.4) is 0 Å². The van der Waals surface area contributed by atoms with Crippen molar-refractivity contribution in [3.05, 3.63) is 23.3 Å². The fourth-order valence-corrected chi connectivity index (χ4v) is 1.54. The third kappa shape index (κ3) is 2.19. The average Bonchev–Trinajstić information content (AvgIpc) is 2.18. The van der Waals surface area contributed by atoms with Crippen LogP contribution >= 0.6 is 0 Å². The summed E-state index contributed by atoms with van der Waals surface area (Å²) in [6.07, 6.45) is 1.84. The van der Waals surface area contributed by atoms with E-state index in [-0.39, 0.29) is 0 Å². The monoisotopic (exact) mass is 194 g/mol. The number of hydrogen-bond acceptors (Lipinski definition) is 2. The van der Waals surface area contributed by atoms with Gasteiger partial charge in [-0.1, -0.05) is 13.8 Å². The van der Waals surface area contributed by atoms with E-state index in [9.17, 15) is 5.11 Å². The van der Waals surface area contributed by atoms with Crippen LogP contribution in [0.2, 0.25) is 0 Å². The normalized spacial score (nSPS) is 10.2. The largest absolute Gasteiger partial charge is 0.508 e. The van der Waals surface area contributed by atoms with Gasteiger partial charge in [-0.05, 0) is 37.5 Å². The quantitative estimate of drug-likeness (QED) is 0.798. The van der Waals surface area contributed by atoms with E-state index in [1.807, 2.05) is 19.9 Å². The van der Waals surface area contributed by atoms with Gasteiger partial charge in [-0.2, -0.15) is 0 Å². The van der Waals surface area contributed by atoms with Crippen molar-refractivity contribution in [2.24, 2.45) is 0 Å². The van der Waals surface area contributed by atoms with E-state index in [0.717, 1.165) is 36.3 Å². The van der Waals surface area contributed by atoms with E-state index in [1.165, 1.54) is 0 Å². The van der Waals surface area contributed by atoms with Crippen LogP contribution in [0, 0.1) is 6.92 Å². The Kier molecular flexibility index (Phi) is 3.81. The number of ether oxygens (including phenoxy) is 1. The van der Waals surface area contributed by atoms with Crippen molar-refractivity contribution in [2.45, 2.75) is 33.6 Å². The minimum absolute atomic E-state index is 0.369. The molecule has 78 valence electrons. The van der Waals surface area contributed by atoms with Crippen molar-refractivity contribution >= 4 is 0 Å². The molecule has 2 nitrogen and oxygen atoms in total. The number of hydrogen-bond donors (Lipinski definition) is 1. The molecule has 0 unspecified atom stereocenters. The Morgan fingerprint density at radius 3 is 2.57 bits per heavy atom. The van der Waals surface area contributed by atoms with Gasteiger partial charge in [-0.3, -0.25) is 0 Å². The van der Waals surface area contributed by atoms with Gasteiger partial charge >= 0.3 is 0 Å². The van der Waals surface area contributed by atoms with E-state index in [1.54, 1.807) is 6.07 Å². The highest BCUT2D eigenvalue weighted by atomic mass is 16.5. The maximum absolute atomic E-state index is 9.59. The second kappa shape index (κ2) is 4.89. The minimum Gasteiger partial charge on any atom is -0.508 e. The summed E-state index contributed by atoms with van der Waals surface area (Å²) in [5.41, 5.74) is 2.04. The smallest absolute Gasteiger partial charge is 0.122 e. The fourth-order valence-electron chi connectivity index (χ4n) is 1.54. The Balaban J connectivity index is 2.96. The number of aromatic hydroxyl groups is 1. The molecule has 0 atom stereocenters. The predicted octanol–water partition coefficient (Wildman–Crippen LogP) is 3.05. The van der Waals surface area contributed by atoms with Gasteiger partial charge in [0.2, 0.25) is 0 Å². The second-order valence-electron chi connectivity index (χ2n) is 3.39. The average molecular weight is 194 g/mol. The number of benzene rings is 1. The van der Waals surface area contributed by atoms with E-state index in [4.69, 9.17) is 4.74 Å². The lowest BCUT2D eigenvalue weighted by molar-refractivity contribution is 0.314. The lowest BCUT2D eigenvalue weighted by Gasteiger charge is -2.12. The molecule has 0 saturated carbocycles. The zero-order valence-corrected chi connectivity index (χ0v) is 9.13. The number of phenolic OH excluding ortho intramolecular Hbond substituents is 1. The van der Waals surface area contributed by atoms with Crippen LogP contribution < -0.4 is 4.74 Å². The highest BCUT2D eigenvalue weighted by Crippen LogP contribution is 2.29. The van der Waals surface area contributed by atoms with Crippen LogP contribution in [-0.4, -0.2) is 11.7 Å². The predicted molar refractivity (Wildman–Crippen MR) is 58.0 cm³/mol. The summed E-state index contributed by atoms with van der Waals surface area (Å²) in [6.45, 7) is 6.83. The summed E-state index contributed by atoms with van der Waals surface area (Å²) in [5, 5.41) is 9.59. The molecule has 0 aliphatic heterocycles. The zero-order chi connectivity index (χ0) is 10.6. The maximum atomic E-state index is 9.59. The van der Waals surface area contributed by atoms with Crippen molar-refractivity contribution in [1.29, 1.82) is 0 Å². The Morgan fingerprint density at radius 2 is 2.00 bits per heavy atom. The summed E-state index contributed by atoms with van der Waals surface area (Å²) < 4.78 is 5.57. The maximum Gasteiger partial charge on any atom is 0.122 e. The van der Waals surface area contributed by atoms with Crippen molar-refractivity contribution in [3.63, 3.8) is 0 Å². The van der Waals surface area contributed by atoms with Crippen LogP contribution in [0.1, 0.15) is 31.4 Å². The molecular weight excluding hydrogens is 176 g/mol. The summed E-state index contributed by atoms with van der Waals surface area (Å²) in [6, 6.07) is 3.54. The van der Waals surface area contributed by atoms with Crippen LogP contribution in [0.4, 0.5) is 0 Å². The van der Waals surface area contributed by atoms with Gasteiger partial charge < -0.3 is 9.84 Å². The molecule has 0 bridgehead atoms. The van der Waals surface area contributed by atoms with E-state index in [2.05, 4.69) is 6.92 Å². The summed E-state index contributed by atoms with van der Waals surface area (Å²) >= 11 is 0. The molecule has 2 heteroatoms. The van der Waals surface area contributed by atoms with E-state index < -0.39 is 0 Å². The van der Waals surface area contributed by atoms with E-state index >= 15 is 0 Å². The molecule has 1 N–H and O–H groups in total. The van der Waals surface area contributed by atoms with Crippen LogP contribution in [-0.2, 0) is 6.42 Å². The number of rotatable bonds is 4. The Bertz CT molecular complexity index is 305. The molecular formula is C12H18O2. The molecule has 1 rings (SSSR count). The first-order chi connectivity index (χ1) is 6.70. The topological polar surface area (TPSA) is 29.5 Å². The van der Waals surface area contributed by atoms with Gasteiger partial charge in [0.1, 0.15) is 11.5 Å². The van der Waals surface area contributed by atoms with Gasteiger partial charge in [0.05, 0.1) is 6.61 Å². The lowest BCUT2D eigenvalue weighted by Crippen LogP contribution is -1.99. The molecule has 0 amide bonds. The molecule has 0 heterocycles. The minimum atomic E-state index is 0.369. The van der Waals surface area contributed by atoms with Gasteiger partial charge in [0.25, 0.3) is 0 Å². The van der Waals surface area contributed by atoms with Gasteiger partial charge in [-0.25, -0.2) is 0 Å². The molecule has 0 aliphatic rings. The first-order valence-corrected chi connectivity index (χ1v) is 5.14. The standard InChI is InChI=1S/C12H18O2/c1-4-8-14-12-7-6-11(13)10(5-2)9(12)3/h6-7,13H,4-5,8H2,1-3H3. The Labute approximate surface area is 85.5 Å². The highest BCUT2D eigenvalue weighted by molar-refractivity contribution is 5.47. The lowest BCUT2D eigenvalue weighted by atomic mass is 10.0. The third-order valence-corrected chi connectivity index (χ3v) is 2.34. The highest BCUT2D eigenvalue weighted by Gasteiger charge is 2.07. The van der Waals surface area contributed by atoms with Gasteiger partial charge in [0, 0.05) is 5.56 Å². The molecule has 0 fully saturated rings. The van der Waals surface area contributed by atoms with Crippen LogP contribution in [0.5, 0.6) is 11.5 Å². The van der Waals surface area contributed by atoms with Crippen molar-refractivity contribution in [2.75, 3.05) is 6.61 Å². The molecule has 1 aromatic carbocycles. The fraction of sp³-hybridized carbons (Fsp3) is 0.500. The Morgan fingerprint density at radius 1 is 1.29 bits per heavy atom. The second-order valence-corrected chi connectivity index (χ2v) is 3.39. The van der Waals surface area contributed by atoms with Gasteiger partial charge in [-0.15, -0.1) is 0 Å². The molecule has 0 saturated heterocycles. The Hall–Kier alpha value is -1.18. The van der Waals surface area contributed by atoms with Gasteiger partial charge in [0.15, 0.2) is 0 Å². The summed E-state index contributed by atoms with van der Waals surface area (Å²) in [4.78, 5) is 0. The van der Waals surface area contributed by atoms with E-state index in [0.29, 0.717) is 5.75 Å². The molecule has 0 radical (unpaired) electrons. The summed E-state index contributed by atoms with van der Waals surface area (Å²) in [7, 11) is 0. The van der Waals surface area contributed by atoms with Crippen LogP contribution in [0.25, 0.3) is 0 Å². The molecule has 1 aromatic rings. The van der Waals surface area contributed by atoms with Crippen molar-refractivity contribution < 1.29 is 9.84 Å². The first-order valence-electron chi connectivity index (χ1n) is 5.14. The van der Waals surface area contributed by atoms with Crippen molar-refractivity contribution in [1.82, 2.24) is 0 Å². The zero-order valence-electron chi connectivity index (χ0n) is 9.13. The molecule has 0 spiro atoms. The van der Waals surface area contributed by atoms with Crippen LogP contribution in [0.15, 0.2) is 12.1 Å². The number of phenols is 1. The molecule has 0 aliphatic carbocycles. The summed E-state index contributed by atoms with van der Waals surface area (Å²) in [5.74, 6) is 1.26. The van der Waals surface area contributed by atoms with Crippen molar-refractivity contribution in [3.8, 4) is 11.5 Å².